The van der Waals surface area contributed by atoms with Gasteiger partial charge in [0.05, 0.1) is 0 Å². The summed E-state index contributed by atoms with van der Waals surface area (Å²) in [4.78, 5) is 7.98. The monoisotopic (exact) mass is 494 g/mol. The van der Waals surface area contributed by atoms with Crippen LogP contribution in [0.1, 0.15) is 16.7 Å². The molecular formula is C18H22F3IN4O. The maximum atomic E-state index is 12.3. The first kappa shape index (κ1) is 23.0. The molecule has 2 aromatic rings. The number of aryl methyl sites for hydroxylation is 1. The molecule has 0 unspecified atom stereocenters. The Morgan fingerprint density at radius 1 is 1.15 bits per heavy atom. The van der Waals surface area contributed by atoms with Crippen LogP contribution in [-0.4, -0.2) is 30.8 Å². The van der Waals surface area contributed by atoms with Crippen molar-refractivity contribution in [1.82, 2.24) is 15.6 Å². The molecule has 0 bridgehead atoms. The Bertz CT molecular complexity index is 753. The number of halogens is 4. The number of benzene rings is 1. The highest BCUT2D eigenvalue weighted by Crippen LogP contribution is 2.19. The molecule has 0 radical (unpaired) electrons. The number of hydrogen-bond acceptors (Lipinski definition) is 3. The molecule has 0 aliphatic heterocycles. The summed E-state index contributed by atoms with van der Waals surface area (Å²) in [5.74, 6) is 0.476. The third kappa shape index (κ3) is 8.46. The molecular weight excluding hydrogens is 472 g/mol. The summed E-state index contributed by atoms with van der Waals surface area (Å²) < 4.78 is 41.8. The van der Waals surface area contributed by atoms with Gasteiger partial charge in [-0.3, -0.25) is 4.99 Å². The van der Waals surface area contributed by atoms with E-state index in [1.54, 1.807) is 19.2 Å². The molecule has 2 rings (SSSR count). The first-order chi connectivity index (χ1) is 12.4. The maximum absolute atomic E-state index is 12.3. The van der Waals surface area contributed by atoms with Crippen molar-refractivity contribution in [1.29, 1.82) is 0 Å². The number of aromatic nitrogens is 1. The molecule has 0 amide bonds. The first-order valence-electron chi connectivity index (χ1n) is 8.01. The van der Waals surface area contributed by atoms with Crippen LogP contribution in [-0.2, 0) is 13.1 Å². The minimum atomic E-state index is -4.41. The van der Waals surface area contributed by atoms with E-state index in [0.29, 0.717) is 18.1 Å². The van der Waals surface area contributed by atoms with Gasteiger partial charge in [0.1, 0.15) is 0 Å². The number of hydrogen-bond donors (Lipinski definition) is 2. The van der Waals surface area contributed by atoms with Crippen molar-refractivity contribution in [3.8, 4) is 5.88 Å². The molecule has 1 aromatic carbocycles. The molecule has 0 saturated heterocycles. The van der Waals surface area contributed by atoms with Crippen molar-refractivity contribution in [2.24, 2.45) is 4.99 Å². The third-order valence-electron chi connectivity index (χ3n) is 3.43. The molecule has 148 valence electrons. The number of pyridine rings is 1. The zero-order valence-corrected chi connectivity index (χ0v) is 17.3. The topological polar surface area (TPSA) is 58.5 Å². The van der Waals surface area contributed by atoms with E-state index in [-0.39, 0.29) is 36.4 Å². The standard InChI is InChI=1S/C18H21F3N4O.HI/c1-13-5-3-6-14(9-13)10-24-17(22-2)25-11-15-7-4-8-23-16(15)26-12-18(19,20)21;/h3-9H,10-12H2,1-2H3,(H2,22,24,25);1H. The summed E-state index contributed by atoms with van der Waals surface area (Å²) in [6.07, 6.45) is -3.02. The lowest BCUT2D eigenvalue weighted by Gasteiger charge is -2.15. The Labute approximate surface area is 173 Å². The lowest BCUT2D eigenvalue weighted by molar-refractivity contribution is -0.154. The van der Waals surface area contributed by atoms with Gasteiger partial charge in [-0.05, 0) is 18.6 Å². The van der Waals surface area contributed by atoms with Crippen LogP contribution in [0, 0.1) is 6.92 Å². The highest BCUT2D eigenvalue weighted by atomic mass is 127. The van der Waals surface area contributed by atoms with Gasteiger partial charge in [0.25, 0.3) is 0 Å². The summed E-state index contributed by atoms with van der Waals surface area (Å²) in [5.41, 5.74) is 2.77. The second-order valence-electron chi connectivity index (χ2n) is 5.64. The van der Waals surface area contributed by atoms with Crippen LogP contribution in [0.15, 0.2) is 47.6 Å². The van der Waals surface area contributed by atoms with E-state index < -0.39 is 12.8 Å². The second kappa shape index (κ2) is 11.0. The molecule has 2 N–H and O–H groups in total. The molecule has 0 aliphatic carbocycles. The quantitative estimate of drug-likeness (QED) is 0.365. The van der Waals surface area contributed by atoms with Crippen LogP contribution < -0.4 is 15.4 Å². The first-order valence-corrected chi connectivity index (χ1v) is 8.01. The maximum Gasteiger partial charge on any atom is 0.422 e. The normalized spacial score (nSPS) is 11.5. The van der Waals surface area contributed by atoms with E-state index in [1.807, 2.05) is 25.1 Å². The number of nitrogens with zero attached hydrogens (tertiary/aromatic N) is 2. The minimum Gasteiger partial charge on any atom is -0.468 e. The van der Waals surface area contributed by atoms with Crippen LogP contribution in [0.4, 0.5) is 13.2 Å². The van der Waals surface area contributed by atoms with Crippen LogP contribution in [0.25, 0.3) is 0 Å². The largest absolute Gasteiger partial charge is 0.468 e. The van der Waals surface area contributed by atoms with Crippen molar-refractivity contribution in [2.75, 3.05) is 13.7 Å². The summed E-state index contributed by atoms with van der Waals surface area (Å²) in [6, 6.07) is 11.3. The number of alkyl halides is 3. The lowest BCUT2D eigenvalue weighted by atomic mass is 10.1. The van der Waals surface area contributed by atoms with Gasteiger partial charge in [-0.1, -0.05) is 35.9 Å². The van der Waals surface area contributed by atoms with E-state index in [2.05, 4.69) is 26.7 Å². The summed E-state index contributed by atoms with van der Waals surface area (Å²) >= 11 is 0. The predicted octanol–water partition coefficient (Wildman–Crippen LogP) is 3.81. The Hall–Kier alpha value is -2.04. The molecule has 0 fully saturated rings. The van der Waals surface area contributed by atoms with Gasteiger partial charge in [-0.15, -0.1) is 24.0 Å². The number of aliphatic imine (C=N–C) groups is 1. The molecule has 9 heteroatoms. The summed E-state index contributed by atoms with van der Waals surface area (Å²) in [5, 5.41) is 6.20. The average Bonchev–Trinajstić information content (AvgIpc) is 2.60. The molecule has 0 spiro atoms. The lowest BCUT2D eigenvalue weighted by Crippen LogP contribution is -2.36. The fourth-order valence-corrected chi connectivity index (χ4v) is 2.25. The van der Waals surface area contributed by atoms with Gasteiger partial charge < -0.3 is 15.4 Å². The smallest absolute Gasteiger partial charge is 0.422 e. The molecule has 0 aliphatic rings. The SMILES string of the molecule is CN=C(NCc1cccc(C)c1)NCc1cccnc1OCC(F)(F)F.I. The molecule has 1 heterocycles. The number of ether oxygens (including phenoxy) is 1. The number of rotatable bonds is 6. The number of guanidine groups is 1. The number of nitrogens with one attached hydrogen (secondary N) is 2. The second-order valence-corrected chi connectivity index (χ2v) is 5.64. The van der Waals surface area contributed by atoms with Crippen LogP contribution in [0.5, 0.6) is 5.88 Å². The summed E-state index contributed by atoms with van der Waals surface area (Å²) in [7, 11) is 1.62. The zero-order chi connectivity index (χ0) is 19.0. The predicted molar refractivity (Wildman–Crippen MR) is 109 cm³/mol. The van der Waals surface area contributed by atoms with E-state index in [9.17, 15) is 13.2 Å². The van der Waals surface area contributed by atoms with Gasteiger partial charge in [-0.25, -0.2) is 4.98 Å². The van der Waals surface area contributed by atoms with E-state index in [0.717, 1.165) is 11.1 Å². The Kier molecular flexibility index (Phi) is 9.33. The Balaban J connectivity index is 0.00000364. The molecule has 1 aromatic heterocycles. The molecule has 27 heavy (non-hydrogen) atoms. The average molecular weight is 494 g/mol. The van der Waals surface area contributed by atoms with Gasteiger partial charge in [-0.2, -0.15) is 13.2 Å². The van der Waals surface area contributed by atoms with Crippen LogP contribution >= 0.6 is 24.0 Å². The molecule has 5 nitrogen and oxygen atoms in total. The van der Waals surface area contributed by atoms with Gasteiger partial charge in [0.2, 0.25) is 5.88 Å². The van der Waals surface area contributed by atoms with E-state index in [1.165, 1.54) is 6.20 Å². The van der Waals surface area contributed by atoms with E-state index in [4.69, 9.17) is 4.74 Å². The minimum absolute atomic E-state index is 0. The van der Waals surface area contributed by atoms with Crippen molar-refractivity contribution in [3.05, 3.63) is 59.3 Å². The fraction of sp³-hybridized carbons (Fsp3) is 0.333. The highest BCUT2D eigenvalue weighted by Gasteiger charge is 2.29. The zero-order valence-electron chi connectivity index (χ0n) is 15.0. The van der Waals surface area contributed by atoms with Crippen molar-refractivity contribution < 1.29 is 17.9 Å². The van der Waals surface area contributed by atoms with E-state index >= 15 is 0 Å². The third-order valence-corrected chi connectivity index (χ3v) is 3.43. The Morgan fingerprint density at radius 2 is 1.89 bits per heavy atom. The van der Waals surface area contributed by atoms with Gasteiger partial charge in [0.15, 0.2) is 12.6 Å². The Morgan fingerprint density at radius 3 is 2.56 bits per heavy atom. The van der Waals surface area contributed by atoms with Crippen molar-refractivity contribution in [2.45, 2.75) is 26.2 Å². The summed E-state index contributed by atoms with van der Waals surface area (Å²) in [6.45, 7) is 1.44. The fourth-order valence-electron chi connectivity index (χ4n) is 2.25. The van der Waals surface area contributed by atoms with Gasteiger partial charge in [0, 0.05) is 31.9 Å². The van der Waals surface area contributed by atoms with Crippen LogP contribution in [0.3, 0.4) is 0 Å². The highest BCUT2D eigenvalue weighted by molar-refractivity contribution is 14.0. The van der Waals surface area contributed by atoms with Crippen molar-refractivity contribution in [3.63, 3.8) is 0 Å². The molecule has 0 saturated carbocycles. The van der Waals surface area contributed by atoms with Crippen LogP contribution in [0.2, 0.25) is 0 Å². The van der Waals surface area contributed by atoms with Gasteiger partial charge >= 0.3 is 6.18 Å². The molecule has 0 atom stereocenters. The van der Waals surface area contributed by atoms with Crippen molar-refractivity contribution >= 4 is 29.9 Å².